The standard InChI is InChI=1S/C15H19N3O2/c1-3-12-4-6-13(7-5-12)20-11-10-18(2)15(19)14-8-9-16-17-14/h4-9H,3,10-11H2,1-2H3,(H,16,17). The molecule has 20 heavy (non-hydrogen) atoms. The SMILES string of the molecule is CCc1ccc(OCCN(C)C(=O)c2ccn[nH]2)cc1. The number of carbonyl (C=O) groups is 1. The molecule has 1 amide bonds. The van der Waals surface area contributed by atoms with Crippen LogP contribution in [0, 0.1) is 0 Å². The first-order valence-electron chi connectivity index (χ1n) is 6.67. The van der Waals surface area contributed by atoms with Crippen molar-refractivity contribution in [1.82, 2.24) is 15.1 Å². The summed E-state index contributed by atoms with van der Waals surface area (Å²) in [4.78, 5) is 13.5. The molecule has 0 spiro atoms. The van der Waals surface area contributed by atoms with Gasteiger partial charge in [-0.15, -0.1) is 0 Å². The molecule has 0 fully saturated rings. The fraction of sp³-hybridized carbons (Fsp3) is 0.333. The number of aryl methyl sites for hydroxylation is 1. The minimum absolute atomic E-state index is 0.0903. The number of likely N-dealkylation sites (N-methyl/N-ethyl adjacent to an activating group) is 1. The van der Waals surface area contributed by atoms with E-state index in [1.54, 1.807) is 24.2 Å². The van der Waals surface area contributed by atoms with Gasteiger partial charge in [0.2, 0.25) is 0 Å². The highest BCUT2D eigenvalue weighted by Gasteiger charge is 2.12. The van der Waals surface area contributed by atoms with E-state index in [0.717, 1.165) is 12.2 Å². The van der Waals surface area contributed by atoms with Gasteiger partial charge in [0.15, 0.2) is 0 Å². The van der Waals surface area contributed by atoms with Gasteiger partial charge >= 0.3 is 0 Å². The number of nitrogens with zero attached hydrogens (tertiary/aromatic N) is 2. The van der Waals surface area contributed by atoms with Crippen LogP contribution in [0.15, 0.2) is 36.5 Å². The van der Waals surface area contributed by atoms with Crippen molar-refractivity contribution < 1.29 is 9.53 Å². The molecule has 2 rings (SSSR count). The summed E-state index contributed by atoms with van der Waals surface area (Å²) < 4.78 is 5.62. The number of benzene rings is 1. The van der Waals surface area contributed by atoms with Crippen LogP contribution in [0.5, 0.6) is 5.75 Å². The topological polar surface area (TPSA) is 58.2 Å². The smallest absolute Gasteiger partial charge is 0.271 e. The summed E-state index contributed by atoms with van der Waals surface area (Å²) in [6, 6.07) is 9.66. The Morgan fingerprint density at radius 3 is 2.65 bits per heavy atom. The summed E-state index contributed by atoms with van der Waals surface area (Å²) in [5.41, 5.74) is 1.77. The molecule has 0 bridgehead atoms. The van der Waals surface area contributed by atoms with Gasteiger partial charge in [-0.2, -0.15) is 5.10 Å². The Bertz CT molecular complexity index is 535. The lowest BCUT2D eigenvalue weighted by molar-refractivity contribution is 0.0768. The van der Waals surface area contributed by atoms with Crippen molar-refractivity contribution in [2.75, 3.05) is 20.2 Å². The van der Waals surface area contributed by atoms with E-state index in [2.05, 4.69) is 29.3 Å². The number of aromatic nitrogens is 2. The molecule has 0 aliphatic rings. The molecule has 1 N–H and O–H groups in total. The lowest BCUT2D eigenvalue weighted by atomic mass is 10.2. The molecular weight excluding hydrogens is 254 g/mol. The van der Waals surface area contributed by atoms with Crippen molar-refractivity contribution in [2.45, 2.75) is 13.3 Å². The number of aromatic amines is 1. The first kappa shape index (κ1) is 14.1. The average Bonchev–Trinajstić information content (AvgIpc) is 3.01. The van der Waals surface area contributed by atoms with Gasteiger partial charge in [-0.05, 0) is 30.2 Å². The number of H-pyrrole nitrogens is 1. The fourth-order valence-electron chi connectivity index (χ4n) is 1.80. The van der Waals surface area contributed by atoms with Gasteiger partial charge in [-0.3, -0.25) is 9.89 Å². The van der Waals surface area contributed by atoms with Crippen molar-refractivity contribution >= 4 is 5.91 Å². The zero-order chi connectivity index (χ0) is 14.4. The number of hydrogen-bond donors (Lipinski definition) is 1. The molecule has 106 valence electrons. The first-order valence-corrected chi connectivity index (χ1v) is 6.67. The molecule has 1 aromatic heterocycles. The van der Waals surface area contributed by atoms with Crippen molar-refractivity contribution in [3.63, 3.8) is 0 Å². The molecule has 5 nitrogen and oxygen atoms in total. The maximum Gasteiger partial charge on any atom is 0.271 e. The maximum atomic E-state index is 11.9. The Morgan fingerprint density at radius 2 is 2.05 bits per heavy atom. The largest absolute Gasteiger partial charge is 0.492 e. The molecule has 1 heterocycles. The number of carbonyl (C=O) groups excluding carboxylic acids is 1. The van der Waals surface area contributed by atoms with Gasteiger partial charge in [0, 0.05) is 13.2 Å². The van der Waals surface area contributed by atoms with Crippen LogP contribution in [0.3, 0.4) is 0 Å². The van der Waals surface area contributed by atoms with E-state index in [-0.39, 0.29) is 5.91 Å². The second kappa shape index (κ2) is 6.75. The molecule has 0 saturated heterocycles. The van der Waals surface area contributed by atoms with Gasteiger partial charge in [-0.25, -0.2) is 0 Å². The second-order valence-electron chi connectivity index (χ2n) is 4.54. The highest BCUT2D eigenvalue weighted by atomic mass is 16.5. The summed E-state index contributed by atoms with van der Waals surface area (Å²) in [5, 5.41) is 6.42. The maximum absolute atomic E-state index is 11.9. The quantitative estimate of drug-likeness (QED) is 0.877. The molecule has 0 aliphatic carbocycles. The van der Waals surface area contributed by atoms with Crippen LogP contribution in [0.25, 0.3) is 0 Å². The normalized spacial score (nSPS) is 10.3. The Morgan fingerprint density at radius 1 is 1.30 bits per heavy atom. The Balaban J connectivity index is 1.78. The second-order valence-corrected chi connectivity index (χ2v) is 4.54. The molecule has 0 saturated carbocycles. The predicted octanol–water partition coefficient (Wildman–Crippen LogP) is 2.12. The Hall–Kier alpha value is -2.30. The van der Waals surface area contributed by atoms with Crippen LogP contribution in [0.4, 0.5) is 0 Å². The lowest BCUT2D eigenvalue weighted by Gasteiger charge is -2.16. The minimum Gasteiger partial charge on any atom is -0.492 e. The third-order valence-electron chi connectivity index (χ3n) is 3.10. The van der Waals surface area contributed by atoms with Crippen molar-refractivity contribution in [2.24, 2.45) is 0 Å². The van der Waals surface area contributed by atoms with Crippen LogP contribution in [0.1, 0.15) is 23.0 Å². The van der Waals surface area contributed by atoms with E-state index in [0.29, 0.717) is 18.8 Å². The molecular formula is C15H19N3O2. The van der Waals surface area contributed by atoms with Crippen molar-refractivity contribution in [3.8, 4) is 5.75 Å². The number of rotatable bonds is 6. The minimum atomic E-state index is -0.0903. The highest BCUT2D eigenvalue weighted by molar-refractivity contribution is 5.91. The molecule has 0 atom stereocenters. The van der Waals surface area contributed by atoms with Gasteiger partial charge in [-0.1, -0.05) is 19.1 Å². The van der Waals surface area contributed by atoms with E-state index in [1.165, 1.54) is 5.56 Å². The van der Waals surface area contributed by atoms with Gasteiger partial charge < -0.3 is 9.64 Å². The number of ether oxygens (including phenoxy) is 1. The summed E-state index contributed by atoms with van der Waals surface area (Å²) in [7, 11) is 1.74. The zero-order valence-corrected chi connectivity index (χ0v) is 11.8. The average molecular weight is 273 g/mol. The van der Waals surface area contributed by atoms with E-state index in [4.69, 9.17) is 4.74 Å². The summed E-state index contributed by atoms with van der Waals surface area (Å²) >= 11 is 0. The highest BCUT2D eigenvalue weighted by Crippen LogP contribution is 2.12. The van der Waals surface area contributed by atoms with E-state index < -0.39 is 0 Å². The number of amides is 1. The molecule has 0 aliphatic heterocycles. The monoisotopic (exact) mass is 273 g/mol. The lowest BCUT2D eigenvalue weighted by Crippen LogP contribution is -2.31. The summed E-state index contributed by atoms with van der Waals surface area (Å²) in [6.45, 7) is 3.10. The Labute approximate surface area is 118 Å². The van der Waals surface area contributed by atoms with Gasteiger partial charge in [0.25, 0.3) is 5.91 Å². The van der Waals surface area contributed by atoms with Crippen molar-refractivity contribution in [1.29, 1.82) is 0 Å². The fourth-order valence-corrected chi connectivity index (χ4v) is 1.80. The van der Waals surface area contributed by atoms with Crippen LogP contribution >= 0.6 is 0 Å². The van der Waals surface area contributed by atoms with Crippen LogP contribution in [-0.2, 0) is 6.42 Å². The van der Waals surface area contributed by atoms with Gasteiger partial charge in [0.05, 0.1) is 6.54 Å². The van der Waals surface area contributed by atoms with Crippen LogP contribution in [-0.4, -0.2) is 41.2 Å². The first-order chi connectivity index (χ1) is 9.70. The zero-order valence-electron chi connectivity index (χ0n) is 11.8. The third-order valence-corrected chi connectivity index (χ3v) is 3.10. The molecule has 0 radical (unpaired) electrons. The van der Waals surface area contributed by atoms with E-state index >= 15 is 0 Å². The molecule has 5 heteroatoms. The molecule has 1 aromatic carbocycles. The molecule has 2 aromatic rings. The number of hydrogen-bond acceptors (Lipinski definition) is 3. The van der Waals surface area contributed by atoms with Gasteiger partial charge in [0.1, 0.15) is 18.1 Å². The summed E-state index contributed by atoms with van der Waals surface area (Å²) in [5.74, 6) is 0.733. The third kappa shape index (κ3) is 3.60. The van der Waals surface area contributed by atoms with E-state index in [9.17, 15) is 4.79 Å². The van der Waals surface area contributed by atoms with Crippen molar-refractivity contribution in [3.05, 3.63) is 47.8 Å². The predicted molar refractivity (Wildman–Crippen MR) is 76.9 cm³/mol. The number of nitrogens with one attached hydrogen (secondary N) is 1. The Kier molecular flexibility index (Phi) is 4.76. The molecule has 0 unspecified atom stereocenters. The van der Waals surface area contributed by atoms with E-state index in [1.807, 2.05) is 12.1 Å². The van der Waals surface area contributed by atoms with Crippen LogP contribution in [0.2, 0.25) is 0 Å². The van der Waals surface area contributed by atoms with Crippen LogP contribution < -0.4 is 4.74 Å². The summed E-state index contributed by atoms with van der Waals surface area (Å²) in [6.07, 6.45) is 2.58.